The van der Waals surface area contributed by atoms with Crippen molar-refractivity contribution in [2.45, 2.75) is 44.3 Å². The number of aromatic nitrogens is 1. The zero-order valence-electron chi connectivity index (χ0n) is 11.0. The van der Waals surface area contributed by atoms with E-state index in [4.69, 9.17) is 5.11 Å². The van der Waals surface area contributed by atoms with Gasteiger partial charge in [0.25, 0.3) is 0 Å². The molecule has 0 saturated heterocycles. The SMILES string of the molecule is O=C(O)c1c(NC2CCCCC2)ncc(Br)c1C(F)(F)F. The molecule has 21 heavy (non-hydrogen) atoms. The number of anilines is 1. The van der Waals surface area contributed by atoms with Crippen molar-refractivity contribution in [3.63, 3.8) is 0 Å². The van der Waals surface area contributed by atoms with Gasteiger partial charge in [0.15, 0.2) is 0 Å². The summed E-state index contributed by atoms with van der Waals surface area (Å²) in [7, 11) is 0. The maximum absolute atomic E-state index is 13.1. The first-order chi connectivity index (χ1) is 9.80. The number of pyridine rings is 1. The van der Waals surface area contributed by atoms with Gasteiger partial charge < -0.3 is 10.4 Å². The van der Waals surface area contributed by atoms with Gasteiger partial charge in [-0.05, 0) is 28.8 Å². The summed E-state index contributed by atoms with van der Waals surface area (Å²) in [5.41, 5.74) is -2.04. The lowest BCUT2D eigenvalue weighted by Gasteiger charge is -2.25. The van der Waals surface area contributed by atoms with E-state index >= 15 is 0 Å². The van der Waals surface area contributed by atoms with Crippen LogP contribution in [0.5, 0.6) is 0 Å². The molecule has 4 nitrogen and oxygen atoms in total. The monoisotopic (exact) mass is 366 g/mol. The molecule has 2 rings (SSSR count). The summed E-state index contributed by atoms with van der Waals surface area (Å²) in [5.74, 6) is -1.86. The molecule has 0 spiro atoms. The fraction of sp³-hybridized carbons (Fsp3) is 0.538. The molecule has 1 aliphatic carbocycles. The first-order valence-electron chi connectivity index (χ1n) is 6.56. The van der Waals surface area contributed by atoms with Gasteiger partial charge in [-0.1, -0.05) is 19.3 Å². The third-order valence-corrected chi connectivity index (χ3v) is 4.08. The predicted molar refractivity (Wildman–Crippen MR) is 74.4 cm³/mol. The predicted octanol–water partition coefficient (Wildman–Crippen LogP) is 4.31. The number of hydrogen-bond acceptors (Lipinski definition) is 3. The summed E-state index contributed by atoms with van der Waals surface area (Å²) in [6, 6.07) is -0.0355. The van der Waals surface area contributed by atoms with Crippen LogP contribution in [0.3, 0.4) is 0 Å². The molecule has 0 bridgehead atoms. The van der Waals surface area contributed by atoms with Crippen LogP contribution in [-0.2, 0) is 6.18 Å². The number of nitrogens with one attached hydrogen (secondary N) is 1. The van der Waals surface area contributed by atoms with Gasteiger partial charge in [-0.15, -0.1) is 0 Å². The highest BCUT2D eigenvalue weighted by Crippen LogP contribution is 2.39. The summed E-state index contributed by atoms with van der Waals surface area (Å²) in [6.45, 7) is 0. The van der Waals surface area contributed by atoms with E-state index in [1.807, 2.05) is 0 Å². The van der Waals surface area contributed by atoms with Gasteiger partial charge in [0.05, 0.1) is 5.56 Å². The van der Waals surface area contributed by atoms with Crippen LogP contribution >= 0.6 is 15.9 Å². The van der Waals surface area contributed by atoms with Crippen molar-refractivity contribution in [3.05, 3.63) is 21.8 Å². The van der Waals surface area contributed by atoms with E-state index in [1.54, 1.807) is 0 Å². The topological polar surface area (TPSA) is 62.2 Å². The minimum Gasteiger partial charge on any atom is -0.478 e. The van der Waals surface area contributed by atoms with E-state index < -0.39 is 23.3 Å². The van der Waals surface area contributed by atoms with Crippen molar-refractivity contribution in [1.82, 2.24) is 4.98 Å². The Kier molecular flexibility index (Phi) is 4.75. The highest BCUT2D eigenvalue weighted by Gasteiger charge is 2.40. The first-order valence-corrected chi connectivity index (χ1v) is 7.35. The number of aromatic carboxylic acids is 1. The molecule has 1 aromatic heterocycles. The van der Waals surface area contributed by atoms with E-state index in [9.17, 15) is 18.0 Å². The summed E-state index contributed by atoms with van der Waals surface area (Å²) in [4.78, 5) is 15.1. The highest BCUT2D eigenvalue weighted by molar-refractivity contribution is 9.10. The number of alkyl halides is 3. The quantitative estimate of drug-likeness (QED) is 0.836. The smallest absolute Gasteiger partial charge is 0.418 e. The summed E-state index contributed by atoms with van der Waals surface area (Å²) in [5, 5.41) is 12.0. The minimum absolute atomic E-state index is 0.0355. The van der Waals surface area contributed by atoms with E-state index in [-0.39, 0.29) is 16.3 Å². The Morgan fingerprint density at radius 2 is 1.95 bits per heavy atom. The Balaban J connectivity index is 2.43. The van der Waals surface area contributed by atoms with Crippen LogP contribution in [0.25, 0.3) is 0 Å². The van der Waals surface area contributed by atoms with Crippen LogP contribution in [0.2, 0.25) is 0 Å². The van der Waals surface area contributed by atoms with Crippen molar-refractivity contribution in [2.24, 2.45) is 0 Å². The Morgan fingerprint density at radius 1 is 1.33 bits per heavy atom. The molecule has 1 aliphatic rings. The number of hydrogen-bond donors (Lipinski definition) is 2. The van der Waals surface area contributed by atoms with E-state index in [0.717, 1.165) is 38.3 Å². The molecule has 0 radical (unpaired) electrons. The number of carbonyl (C=O) groups is 1. The largest absolute Gasteiger partial charge is 0.478 e. The number of carboxylic acids is 1. The van der Waals surface area contributed by atoms with Gasteiger partial charge in [-0.3, -0.25) is 0 Å². The Hall–Kier alpha value is -1.31. The van der Waals surface area contributed by atoms with E-state index in [0.29, 0.717) is 0 Å². The van der Waals surface area contributed by atoms with Gasteiger partial charge >= 0.3 is 12.1 Å². The second-order valence-electron chi connectivity index (χ2n) is 4.99. The van der Waals surface area contributed by atoms with Gasteiger partial charge in [-0.25, -0.2) is 9.78 Å². The fourth-order valence-electron chi connectivity index (χ4n) is 2.52. The van der Waals surface area contributed by atoms with Crippen molar-refractivity contribution >= 4 is 27.7 Å². The average molecular weight is 367 g/mol. The molecule has 0 unspecified atom stereocenters. The summed E-state index contributed by atoms with van der Waals surface area (Å²) >= 11 is 2.74. The second-order valence-corrected chi connectivity index (χ2v) is 5.84. The van der Waals surface area contributed by atoms with Crippen molar-refractivity contribution in [3.8, 4) is 0 Å². The molecule has 1 heterocycles. The van der Waals surface area contributed by atoms with Gasteiger partial charge in [0.2, 0.25) is 0 Å². The average Bonchev–Trinajstić information content (AvgIpc) is 2.40. The van der Waals surface area contributed by atoms with E-state index in [1.165, 1.54) is 0 Å². The van der Waals surface area contributed by atoms with Crippen LogP contribution in [0, 0.1) is 0 Å². The number of nitrogens with zero attached hydrogens (tertiary/aromatic N) is 1. The Labute approximate surface area is 127 Å². The third-order valence-electron chi connectivity index (χ3n) is 3.48. The standard InChI is InChI=1S/C13H14BrF3N2O2/c14-8-6-18-11(19-7-4-2-1-3-5-7)9(12(20)21)10(8)13(15,16)17/h6-7H,1-5H2,(H,18,19)(H,20,21). The molecule has 0 aromatic carbocycles. The minimum atomic E-state index is -4.77. The number of halogens is 4. The van der Waals surface area contributed by atoms with Crippen LogP contribution in [0.4, 0.5) is 19.0 Å². The highest BCUT2D eigenvalue weighted by atomic mass is 79.9. The van der Waals surface area contributed by atoms with Crippen molar-refractivity contribution in [1.29, 1.82) is 0 Å². The Morgan fingerprint density at radius 3 is 2.48 bits per heavy atom. The molecule has 0 aliphatic heterocycles. The normalized spacial score (nSPS) is 16.8. The lowest BCUT2D eigenvalue weighted by molar-refractivity contribution is -0.138. The molecular formula is C13H14BrF3N2O2. The van der Waals surface area contributed by atoms with E-state index in [2.05, 4.69) is 26.2 Å². The number of rotatable bonds is 3. The van der Waals surface area contributed by atoms with Crippen LogP contribution < -0.4 is 5.32 Å². The fourth-order valence-corrected chi connectivity index (χ4v) is 3.05. The number of carboxylic acid groups (broad SMARTS) is 1. The molecule has 8 heteroatoms. The van der Waals surface area contributed by atoms with Crippen molar-refractivity contribution < 1.29 is 23.1 Å². The third kappa shape index (κ3) is 3.66. The van der Waals surface area contributed by atoms with Crippen LogP contribution in [0.1, 0.15) is 48.0 Å². The molecule has 0 amide bonds. The molecule has 1 aromatic rings. The molecule has 2 N–H and O–H groups in total. The van der Waals surface area contributed by atoms with Crippen molar-refractivity contribution in [2.75, 3.05) is 5.32 Å². The zero-order valence-corrected chi connectivity index (χ0v) is 12.6. The molecule has 1 fully saturated rings. The molecule has 116 valence electrons. The first kappa shape index (κ1) is 16.1. The Bertz CT molecular complexity index is 543. The zero-order chi connectivity index (χ0) is 15.6. The maximum Gasteiger partial charge on any atom is 0.418 e. The molecular weight excluding hydrogens is 353 g/mol. The summed E-state index contributed by atoms with van der Waals surface area (Å²) in [6.07, 6.45) is 0.867. The van der Waals surface area contributed by atoms with Crippen LogP contribution in [0.15, 0.2) is 10.7 Å². The lowest BCUT2D eigenvalue weighted by Crippen LogP contribution is -2.26. The second kappa shape index (κ2) is 6.21. The summed E-state index contributed by atoms with van der Waals surface area (Å²) < 4.78 is 38.9. The molecule has 0 atom stereocenters. The molecule has 1 saturated carbocycles. The van der Waals surface area contributed by atoms with Gasteiger partial charge in [0.1, 0.15) is 11.4 Å². The van der Waals surface area contributed by atoms with Crippen LogP contribution in [-0.4, -0.2) is 22.1 Å². The van der Waals surface area contributed by atoms with Gasteiger partial charge in [-0.2, -0.15) is 13.2 Å². The van der Waals surface area contributed by atoms with Gasteiger partial charge in [0, 0.05) is 16.7 Å². The maximum atomic E-state index is 13.1. The lowest BCUT2D eigenvalue weighted by atomic mass is 9.95.